The second-order valence-corrected chi connectivity index (χ2v) is 6.65. The van der Waals surface area contributed by atoms with Gasteiger partial charge in [0, 0.05) is 37.2 Å². The lowest BCUT2D eigenvalue weighted by Gasteiger charge is -2.39. The fourth-order valence-corrected chi connectivity index (χ4v) is 3.05. The van der Waals surface area contributed by atoms with Gasteiger partial charge in [0.25, 0.3) is 0 Å². The number of piperazine rings is 1. The average molecular weight is 308 g/mol. The standard InChI is InChI=1S/C16H22ClN3O/c1-12(13-2-4-14(17)5-3-13)19-8-10-20(11-9-19)15(21)16(18)6-7-16/h2-5,12H,6-11,18H2,1H3. The lowest BCUT2D eigenvalue weighted by atomic mass is 10.1. The first-order chi connectivity index (χ1) is 9.99. The number of benzene rings is 1. The van der Waals surface area contributed by atoms with Crippen LogP contribution in [0.5, 0.6) is 0 Å². The summed E-state index contributed by atoms with van der Waals surface area (Å²) in [6, 6.07) is 8.34. The van der Waals surface area contributed by atoms with E-state index in [9.17, 15) is 4.79 Å². The quantitative estimate of drug-likeness (QED) is 0.929. The predicted octanol–water partition coefficient (Wildman–Crippen LogP) is 2.04. The first kappa shape index (κ1) is 14.8. The number of nitrogens with zero attached hydrogens (tertiary/aromatic N) is 2. The highest BCUT2D eigenvalue weighted by molar-refractivity contribution is 6.30. The number of hydrogen-bond acceptors (Lipinski definition) is 3. The van der Waals surface area contributed by atoms with Crippen LogP contribution in [0.15, 0.2) is 24.3 Å². The molecule has 0 radical (unpaired) electrons. The van der Waals surface area contributed by atoms with E-state index >= 15 is 0 Å². The zero-order valence-corrected chi connectivity index (χ0v) is 13.1. The number of nitrogens with two attached hydrogens (primary N) is 1. The van der Waals surface area contributed by atoms with Crippen molar-refractivity contribution in [1.29, 1.82) is 0 Å². The molecule has 1 saturated carbocycles. The molecule has 1 unspecified atom stereocenters. The highest BCUT2D eigenvalue weighted by atomic mass is 35.5. The van der Waals surface area contributed by atoms with Gasteiger partial charge in [-0.15, -0.1) is 0 Å². The van der Waals surface area contributed by atoms with Crippen LogP contribution in [0.4, 0.5) is 0 Å². The van der Waals surface area contributed by atoms with Gasteiger partial charge in [-0.05, 0) is 37.5 Å². The molecule has 2 fully saturated rings. The van der Waals surface area contributed by atoms with Crippen molar-refractivity contribution in [3.8, 4) is 0 Å². The van der Waals surface area contributed by atoms with Crippen molar-refractivity contribution in [2.75, 3.05) is 26.2 Å². The molecule has 2 aliphatic rings. The molecule has 0 bridgehead atoms. The Morgan fingerprint density at radius 3 is 2.29 bits per heavy atom. The number of rotatable bonds is 3. The van der Waals surface area contributed by atoms with E-state index in [1.807, 2.05) is 17.0 Å². The van der Waals surface area contributed by atoms with Crippen molar-refractivity contribution < 1.29 is 4.79 Å². The van der Waals surface area contributed by atoms with Gasteiger partial charge in [-0.1, -0.05) is 23.7 Å². The maximum absolute atomic E-state index is 12.2. The van der Waals surface area contributed by atoms with Gasteiger partial charge in [0.15, 0.2) is 0 Å². The molecular formula is C16H22ClN3O. The number of halogens is 1. The van der Waals surface area contributed by atoms with E-state index < -0.39 is 5.54 Å². The molecule has 0 aromatic heterocycles. The number of carbonyl (C=O) groups excluding carboxylic acids is 1. The average Bonchev–Trinajstić information content (AvgIpc) is 3.26. The van der Waals surface area contributed by atoms with Gasteiger partial charge in [0.1, 0.15) is 0 Å². The fraction of sp³-hybridized carbons (Fsp3) is 0.562. The summed E-state index contributed by atoms with van der Waals surface area (Å²) in [5.74, 6) is 0.140. The van der Waals surface area contributed by atoms with E-state index in [1.165, 1.54) is 5.56 Å². The molecule has 1 aromatic rings. The molecule has 3 rings (SSSR count). The number of amides is 1. The second kappa shape index (κ2) is 5.59. The molecular weight excluding hydrogens is 286 g/mol. The zero-order chi connectivity index (χ0) is 15.0. The summed E-state index contributed by atoms with van der Waals surface area (Å²) in [4.78, 5) is 16.6. The summed E-state index contributed by atoms with van der Waals surface area (Å²) in [5.41, 5.74) is 6.73. The molecule has 1 heterocycles. The van der Waals surface area contributed by atoms with Crippen LogP contribution in [0.25, 0.3) is 0 Å². The molecule has 21 heavy (non-hydrogen) atoms. The summed E-state index contributed by atoms with van der Waals surface area (Å²) in [5, 5.41) is 0.763. The van der Waals surface area contributed by atoms with E-state index in [-0.39, 0.29) is 5.91 Å². The molecule has 1 atom stereocenters. The summed E-state index contributed by atoms with van der Waals surface area (Å²) in [6.07, 6.45) is 1.68. The first-order valence-corrected chi connectivity index (χ1v) is 7.95. The molecule has 0 spiro atoms. The van der Waals surface area contributed by atoms with Gasteiger partial charge in [-0.2, -0.15) is 0 Å². The van der Waals surface area contributed by atoms with Gasteiger partial charge < -0.3 is 10.6 Å². The Bertz CT molecular complexity index is 519. The number of hydrogen-bond donors (Lipinski definition) is 1. The fourth-order valence-electron chi connectivity index (χ4n) is 2.93. The van der Waals surface area contributed by atoms with Crippen LogP contribution >= 0.6 is 11.6 Å². The SMILES string of the molecule is CC(c1ccc(Cl)cc1)N1CCN(C(=O)C2(N)CC2)CC1. The van der Waals surface area contributed by atoms with Crippen LogP contribution in [0.1, 0.15) is 31.4 Å². The Morgan fingerprint density at radius 2 is 1.76 bits per heavy atom. The Labute approximate surface area is 130 Å². The number of carbonyl (C=O) groups is 1. The predicted molar refractivity (Wildman–Crippen MR) is 84.2 cm³/mol. The summed E-state index contributed by atoms with van der Waals surface area (Å²) >= 11 is 5.94. The topological polar surface area (TPSA) is 49.6 Å². The molecule has 114 valence electrons. The monoisotopic (exact) mass is 307 g/mol. The lowest BCUT2D eigenvalue weighted by molar-refractivity contribution is -0.135. The molecule has 1 aromatic carbocycles. The lowest BCUT2D eigenvalue weighted by Crippen LogP contribution is -2.54. The van der Waals surface area contributed by atoms with Crippen molar-refractivity contribution in [2.45, 2.75) is 31.3 Å². The van der Waals surface area contributed by atoms with Crippen LogP contribution < -0.4 is 5.73 Å². The third kappa shape index (κ3) is 3.07. The van der Waals surface area contributed by atoms with Gasteiger partial charge in [0.2, 0.25) is 5.91 Å². The van der Waals surface area contributed by atoms with Crippen LogP contribution in [-0.2, 0) is 4.79 Å². The van der Waals surface area contributed by atoms with Gasteiger partial charge in [0.05, 0.1) is 5.54 Å². The van der Waals surface area contributed by atoms with Crippen molar-refractivity contribution in [3.63, 3.8) is 0 Å². The minimum absolute atomic E-state index is 0.140. The highest BCUT2D eigenvalue weighted by Crippen LogP contribution is 2.34. The second-order valence-electron chi connectivity index (χ2n) is 6.21. The largest absolute Gasteiger partial charge is 0.339 e. The zero-order valence-electron chi connectivity index (χ0n) is 12.4. The molecule has 2 N–H and O–H groups in total. The molecule has 1 aliphatic carbocycles. The van der Waals surface area contributed by atoms with Crippen LogP contribution in [0.3, 0.4) is 0 Å². The van der Waals surface area contributed by atoms with Crippen molar-refractivity contribution in [3.05, 3.63) is 34.9 Å². The third-order valence-corrected chi connectivity index (χ3v) is 4.97. The van der Waals surface area contributed by atoms with E-state index in [2.05, 4.69) is 24.0 Å². The molecule has 1 saturated heterocycles. The van der Waals surface area contributed by atoms with Crippen molar-refractivity contribution >= 4 is 17.5 Å². The third-order valence-electron chi connectivity index (χ3n) is 4.72. The first-order valence-electron chi connectivity index (χ1n) is 7.57. The smallest absolute Gasteiger partial charge is 0.242 e. The van der Waals surface area contributed by atoms with E-state index in [0.717, 1.165) is 44.0 Å². The Morgan fingerprint density at radius 1 is 1.19 bits per heavy atom. The minimum atomic E-state index is -0.538. The Kier molecular flexibility index (Phi) is 3.95. The van der Waals surface area contributed by atoms with E-state index in [4.69, 9.17) is 17.3 Å². The molecule has 1 aliphatic heterocycles. The van der Waals surface area contributed by atoms with Crippen LogP contribution in [-0.4, -0.2) is 47.4 Å². The molecule has 1 amide bonds. The minimum Gasteiger partial charge on any atom is -0.339 e. The summed E-state index contributed by atoms with van der Waals surface area (Å²) < 4.78 is 0. The van der Waals surface area contributed by atoms with Gasteiger partial charge in [-0.25, -0.2) is 0 Å². The van der Waals surface area contributed by atoms with E-state index in [1.54, 1.807) is 0 Å². The Hall–Kier alpha value is -1.10. The van der Waals surface area contributed by atoms with Crippen molar-refractivity contribution in [2.24, 2.45) is 5.73 Å². The van der Waals surface area contributed by atoms with Gasteiger partial charge >= 0.3 is 0 Å². The normalized spacial score (nSPS) is 22.9. The summed E-state index contributed by atoms with van der Waals surface area (Å²) in [6.45, 7) is 5.54. The summed E-state index contributed by atoms with van der Waals surface area (Å²) in [7, 11) is 0. The van der Waals surface area contributed by atoms with Crippen molar-refractivity contribution in [1.82, 2.24) is 9.80 Å². The Balaban J connectivity index is 1.58. The van der Waals surface area contributed by atoms with E-state index in [0.29, 0.717) is 6.04 Å². The van der Waals surface area contributed by atoms with Crippen LogP contribution in [0, 0.1) is 0 Å². The van der Waals surface area contributed by atoms with Crippen LogP contribution in [0.2, 0.25) is 5.02 Å². The maximum Gasteiger partial charge on any atom is 0.242 e. The maximum atomic E-state index is 12.2. The molecule has 5 heteroatoms. The van der Waals surface area contributed by atoms with Gasteiger partial charge in [-0.3, -0.25) is 9.69 Å². The molecule has 4 nitrogen and oxygen atoms in total. The highest BCUT2D eigenvalue weighted by Gasteiger charge is 2.48.